The maximum atomic E-state index is 12.2. The Morgan fingerprint density at radius 3 is 2.61 bits per heavy atom. The third kappa shape index (κ3) is 3.10. The minimum Gasteiger partial charge on any atom is -0.342 e. The molecule has 0 radical (unpaired) electrons. The molecule has 1 aromatic rings. The normalized spacial score (nSPS) is 16.9. The van der Waals surface area contributed by atoms with Crippen molar-refractivity contribution in [1.82, 2.24) is 4.90 Å². The van der Waals surface area contributed by atoms with E-state index >= 15 is 0 Å². The fraction of sp³-hybridized carbons (Fsp3) is 0.533. The molecule has 0 aromatic heterocycles. The van der Waals surface area contributed by atoms with Gasteiger partial charge in [0.1, 0.15) is 0 Å². The molecule has 1 aliphatic rings. The second-order valence-electron chi connectivity index (χ2n) is 5.16. The van der Waals surface area contributed by atoms with Crippen LogP contribution in [0.4, 0.5) is 0 Å². The number of hydrogen-bond donors (Lipinski definition) is 1. The number of carbonyl (C=O) groups is 1. The highest BCUT2D eigenvalue weighted by Gasteiger charge is 2.22. The lowest BCUT2D eigenvalue weighted by Crippen LogP contribution is -2.40. The summed E-state index contributed by atoms with van der Waals surface area (Å²) in [6.07, 6.45) is 2.63. The number of aryl methyl sites for hydroxylation is 1. The fourth-order valence-corrected chi connectivity index (χ4v) is 2.50. The van der Waals surface area contributed by atoms with Crippen LogP contribution in [0.2, 0.25) is 0 Å². The Kier molecular flexibility index (Phi) is 4.37. The molecule has 1 saturated heterocycles. The van der Waals surface area contributed by atoms with Gasteiger partial charge in [-0.05, 0) is 43.4 Å². The van der Waals surface area contributed by atoms with E-state index in [-0.39, 0.29) is 5.91 Å². The molecule has 98 valence electrons. The van der Waals surface area contributed by atoms with Crippen LogP contribution in [0.5, 0.6) is 0 Å². The van der Waals surface area contributed by atoms with Crippen molar-refractivity contribution in [2.75, 3.05) is 19.6 Å². The van der Waals surface area contributed by atoms with Gasteiger partial charge in [0.05, 0.1) is 6.42 Å². The smallest absolute Gasteiger partial charge is 0.226 e. The number of nitrogens with two attached hydrogens (primary N) is 1. The molecule has 2 rings (SSSR count). The number of benzene rings is 1. The summed E-state index contributed by atoms with van der Waals surface area (Å²) in [5, 5.41) is 0. The average Bonchev–Trinajstić information content (AvgIpc) is 2.41. The Labute approximate surface area is 109 Å². The van der Waals surface area contributed by atoms with E-state index in [2.05, 4.69) is 13.0 Å². The van der Waals surface area contributed by atoms with E-state index in [9.17, 15) is 4.79 Å². The third-order valence-electron chi connectivity index (χ3n) is 3.90. The number of hydrogen-bond acceptors (Lipinski definition) is 2. The molecule has 18 heavy (non-hydrogen) atoms. The van der Waals surface area contributed by atoms with Gasteiger partial charge in [-0.25, -0.2) is 0 Å². The first-order chi connectivity index (χ1) is 8.70. The summed E-state index contributed by atoms with van der Waals surface area (Å²) in [6, 6.07) is 8.11. The standard InChI is InChI=1S/C15H22N2O/c1-12-4-2-3-5-14(12)10-15(18)17-8-6-13(11-16)7-9-17/h2-5,13H,6-11,16H2,1H3. The lowest BCUT2D eigenvalue weighted by molar-refractivity contribution is -0.131. The van der Waals surface area contributed by atoms with Gasteiger partial charge in [0.15, 0.2) is 0 Å². The maximum Gasteiger partial charge on any atom is 0.226 e. The van der Waals surface area contributed by atoms with Crippen LogP contribution in [0, 0.1) is 12.8 Å². The number of rotatable bonds is 3. The molecule has 0 unspecified atom stereocenters. The Morgan fingerprint density at radius 1 is 1.33 bits per heavy atom. The molecule has 2 N–H and O–H groups in total. The molecule has 1 aromatic carbocycles. The predicted octanol–water partition coefficient (Wildman–Crippen LogP) is 1.73. The van der Waals surface area contributed by atoms with Gasteiger partial charge in [0.25, 0.3) is 0 Å². The van der Waals surface area contributed by atoms with Crippen molar-refractivity contribution >= 4 is 5.91 Å². The van der Waals surface area contributed by atoms with E-state index in [1.165, 1.54) is 5.56 Å². The number of likely N-dealkylation sites (tertiary alicyclic amines) is 1. The third-order valence-corrected chi connectivity index (χ3v) is 3.90. The fourth-order valence-electron chi connectivity index (χ4n) is 2.50. The minimum absolute atomic E-state index is 0.250. The van der Waals surface area contributed by atoms with Crippen molar-refractivity contribution in [2.45, 2.75) is 26.2 Å². The van der Waals surface area contributed by atoms with Crippen molar-refractivity contribution in [3.05, 3.63) is 35.4 Å². The molecule has 0 spiro atoms. The summed E-state index contributed by atoms with van der Waals surface area (Å²) in [4.78, 5) is 14.2. The monoisotopic (exact) mass is 246 g/mol. The number of piperidine rings is 1. The topological polar surface area (TPSA) is 46.3 Å². The molecule has 0 atom stereocenters. The molecular weight excluding hydrogens is 224 g/mol. The zero-order valence-corrected chi connectivity index (χ0v) is 11.1. The minimum atomic E-state index is 0.250. The van der Waals surface area contributed by atoms with Gasteiger partial charge in [0, 0.05) is 13.1 Å². The SMILES string of the molecule is Cc1ccccc1CC(=O)N1CCC(CN)CC1. The Hall–Kier alpha value is -1.35. The van der Waals surface area contributed by atoms with E-state index in [1.54, 1.807) is 0 Å². The van der Waals surface area contributed by atoms with E-state index < -0.39 is 0 Å². The lowest BCUT2D eigenvalue weighted by Gasteiger charge is -2.31. The van der Waals surface area contributed by atoms with E-state index in [0.717, 1.165) is 38.0 Å². The number of nitrogens with zero attached hydrogens (tertiary/aromatic N) is 1. The molecule has 1 heterocycles. The zero-order chi connectivity index (χ0) is 13.0. The van der Waals surface area contributed by atoms with Crippen LogP contribution in [0.3, 0.4) is 0 Å². The van der Waals surface area contributed by atoms with Gasteiger partial charge in [-0.2, -0.15) is 0 Å². The summed E-state index contributed by atoms with van der Waals surface area (Å²) in [5.74, 6) is 0.854. The Morgan fingerprint density at radius 2 is 2.00 bits per heavy atom. The molecule has 1 amide bonds. The van der Waals surface area contributed by atoms with E-state index in [1.807, 2.05) is 23.1 Å². The van der Waals surface area contributed by atoms with Gasteiger partial charge in [-0.3, -0.25) is 4.79 Å². The van der Waals surface area contributed by atoms with Crippen LogP contribution in [0.15, 0.2) is 24.3 Å². The highest BCUT2D eigenvalue weighted by atomic mass is 16.2. The van der Waals surface area contributed by atoms with Crippen LogP contribution in [0.25, 0.3) is 0 Å². The zero-order valence-electron chi connectivity index (χ0n) is 11.1. The van der Waals surface area contributed by atoms with Crippen LogP contribution in [-0.4, -0.2) is 30.4 Å². The summed E-state index contributed by atoms with van der Waals surface area (Å²) >= 11 is 0. The van der Waals surface area contributed by atoms with Gasteiger partial charge in [-0.15, -0.1) is 0 Å². The molecule has 0 bridgehead atoms. The van der Waals surface area contributed by atoms with Gasteiger partial charge in [0.2, 0.25) is 5.91 Å². The van der Waals surface area contributed by atoms with E-state index in [4.69, 9.17) is 5.73 Å². The van der Waals surface area contributed by atoms with Crippen molar-refractivity contribution in [1.29, 1.82) is 0 Å². The second-order valence-corrected chi connectivity index (χ2v) is 5.16. The van der Waals surface area contributed by atoms with Crippen LogP contribution in [-0.2, 0) is 11.2 Å². The van der Waals surface area contributed by atoms with Gasteiger partial charge >= 0.3 is 0 Å². The van der Waals surface area contributed by atoms with Crippen molar-refractivity contribution < 1.29 is 4.79 Å². The summed E-state index contributed by atoms with van der Waals surface area (Å²) in [6.45, 7) is 4.54. The molecule has 0 aliphatic carbocycles. The summed E-state index contributed by atoms with van der Waals surface area (Å²) < 4.78 is 0. The number of amides is 1. The molecule has 0 saturated carbocycles. The predicted molar refractivity (Wildman–Crippen MR) is 73.2 cm³/mol. The summed E-state index contributed by atoms with van der Waals surface area (Å²) in [7, 11) is 0. The molecule has 3 heteroatoms. The summed E-state index contributed by atoms with van der Waals surface area (Å²) in [5.41, 5.74) is 8.00. The van der Waals surface area contributed by atoms with Crippen LogP contribution >= 0.6 is 0 Å². The van der Waals surface area contributed by atoms with Gasteiger partial charge < -0.3 is 10.6 Å². The van der Waals surface area contributed by atoms with Crippen molar-refractivity contribution in [3.8, 4) is 0 Å². The number of carbonyl (C=O) groups excluding carboxylic acids is 1. The van der Waals surface area contributed by atoms with Crippen LogP contribution in [0.1, 0.15) is 24.0 Å². The first-order valence-electron chi connectivity index (χ1n) is 6.73. The highest BCUT2D eigenvalue weighted by Crippen LogP contribution is 2.17. The quantitative estimate of drug-likeness (QED) is 0.883. The largest absolute Gasteiger partial charge is 0.342 e. The van der Waals surface area contributed by atoms with Crippen molar-refractivity contribution in [2.24, 2.45) is 11.7 Å². The van der Waals surface area contributed by atoms with E-state index in [0.29, 0.717) is 12.3 Å². The first-order valence-corrected chi connectivity index (χ1v) is 6.73. The molecule has 3 nitrogen and oxygen atoms in total. The average molecular weight is 246 g/mol. The molecule has 1 fully saturated rings. The Bertz CT molecular complexity index is 409. The molecule has 1 aliphatic heterocycles. The van der Waals surface area contributed by atoms with Gasteiger partial charge in [-0.1, -0.05) is 24.3 Å². The van der Waals surface area contributed by atoms with Crippen LogP contribution < -0.4 is 5.73 Å². The molecular formula is C15H22N2O. The second kappa shape index (κ2) is 6.01. The lowest BCUT2D eigenvalue weighted by atomic mass is 9.96. The Balaban J connectivity index is 1.91. The highest BCUT2D eigenvalue weighted by molar-refractivity contribution is 5.79. The first kappa shape index (κ1) is 13.1. The maximum absolute atomic E-state index is 12.2. The van der Waals surface area contributed by atoms with Crippen molar-refractivity contribution in [3.63, 3.8) is 0 Å².